The molecule has 3 aromatic carbocycles. The number of aromatic nitrogens is 3. The Balaban J connectivity index is 1.62. The highest BCUT2D eigenvalue weighted by atomic mass is 16.5. The van der Waals surface area contributed by atoms with Gasteiger partial charge in [0.05, 0.1) is 5.52 Å². The van der Waals surface area contributed by atoms with E-state index in [0.717, 1.165) is 22.2 Å². The highest BCUT2D eigenvalue weighted by Gasteiger charge is 2.40. The molecule has 4 heteroatoms. The monoisotopic (exact) mass is 339 g/mol. The van der Waals surface area contributed by atoms with Crippen LogP contribution < -0.4 is 0 Å². The van der Waals surface area contributed by atoms with Crippen LogP contribution in [0.4, 0.5) is 0 Å². The molecular weight excluding hydrogens is 322 g/mol. The molecular formula is C22H17N3O. The van der Waals surface area contributed by atoms with Gasteiger partial charge < -0.3 is 4.74 Å². The van der Waals surface area contributed by atoms with Gasteiger partial charge in [-0.05, 0) is 35.4 Å². The number of para-hydroxylation sites is 1. The van der Waals surface area contributed by atoms with Crippen molar-refractivity contribution in [1.82, 2.24) is 15.0 Å². The van der Waals surface area contributed by atoms with Gasteiger partial charge in [0, 0.05) is 0 Å². The van der Waals surface area contributed by atoms with Crippen LogP contribution >= 0.6 is 0 Å². The van der Waals surface area contributed by atoms with E-state index in [-0.39, 0.29) is 6.23 Å². The predicted octanol–water partition coefficient (Wildman–Crippen LogP) is 4.46. The fourth-order valence-electron chi connectivity index (χ4n) is 3.56. The molecule has 0 saturated carbocycles. The summed E-state index contributed by atoms with van der Waals surface area (Å²) in [6.45, 7) is 0. The largest absolute Gasteiger partial charge is 0.333 e. The number of hydrogen-bond acceptors (Lipinski definition) is 3. The highest BCUT2D eigenvalue weighted by Crippen LogP contribution is 2.43. The Kier molecular flexibility index (Phi) is 3.43. The molecule has 0 N–H and O–H groups in total. The number of ether oxygens (including phenoxy) is 1. The first-order valence-corrected chi connectivity index (χ1v) is 8.65. The van der Waals surface area contributed by atoms with E-state index in [1.807, 2.05) is 65.3 Å². The zero-order valence-corrected chi connectivity index (χ0v) is 14.1. The normalized spacial score (nSPS) is 18.4. The summed E-state index contributed by atoms with van der Waals surface area (Å²) in [5, 5.41) is 8.58. The summed E-state index contributed by atoms with van der Waals surface area (Å²) in [5.41, 5.74) is 3.37. The van der Waals surface area contributed by atoms with Crippen LogP contribution in [0.5, 0.6) is 0 Å². The molecule has 4 aromatic rings. The Labute approximate surface area is 151 Å². The molecule has 126 valence electrons. The molecule has 0 amide bonds. The zero-order valence-electron chi connectivity index (χ0n) is 14.1. The number of fused-ring (bicyclic) bond motifs is 1. The van der Waals surface area contributed by atoms with Crippen LogP contribution in [0, 0.1) is 0 Å². The van der Waals surface area contributed by atoms with Crippen molar-refractivity contribution >= 4 is 11.0 Å². The molecule has 26 heavy (non-hydrogen) atoms. The van der Waals surface area contributed by atoms with Gasteiger partial charge in [0.25, 0.3) is 0 Å². The van der Waals surface area contributed by atoms with Crippen LogP contribution in [-0.4, -0.2) is 15.0 Å². The molecule has 0 aliphatic carbocycles. The van der Waals surface area contributed by atoms with Gasteiger partial charge in [0.2, 0.25) is 0 Å². The summed E-state index contributed by atoms with van der Waals surface area (Å²) in [6.07, 6.45) is 3.86. The smallest absolute Gasteiger partial charge is 0.173 e. The van der Waals surface area contributed by atoms with Crippen molar-refractivity contribution in [3.8, 4) is 0 Å². The van der Waals surface area contributed by atoms with Crippen LogP contribution in [-0.2, 0) is 10.3 Å². The van der Waals surface area contributed by atoms with E-state index < -0.39 is 5.60 Å². The Hall–Kier alpha value is -3.24. The summed E-state index contributed by atoms with van der Waals surface area (Å²) >= 11 is 0. The third-order valence-corrected chi connectivity index (χ3v) is 4.83. The van der Waals surface area contributed by atoms with Gasteiger partial charge >= 0.3 is 0 Å². The van der Waals surface area contributed by atoms with Crippen molar-refractivity contribution in [2.75, 3.05) is 0 Å². The third kappa shape index (κ3) is 2.27. The van der Waals surface area contributed by atoms with Crippen LogP contribution in [0.3, 0.4) is 0 Å². The molecule has 0 bridgehead atoms. The van der Waals surface area contributed by atoms with Gasteiger partial charge in [0.15, 0.2) is 6.23 Å². The molecule has 1 aliphatic rings. The number of benzene rings is 3. The lowest BCUT2D eigenvalue weighted by molar-refractivity contribution is -0.0395. The fraction of sp³-hybridized carbons (Fsp3) is 0.0909. The SMILES string of the molecule is C1=CC(c2ccccc2)(c2ccccc2)OC1n1nnc2ccccc21. The van der Waals surface area contributed by atoms with Crippen molar-refractivity contribution < 1.29 is 4.74 Å². The number of rotatable bonds is 3. The molecule has 0 saturated heterocycles. The Morgan fingerprint density at radius 3 is 2.08 bits per heavy atom. The van der Waals surface area contributed by atoms with E-state index in [1.54, 1.807) is 0 Å². The van der Waals surface area contributed by atoms with Gasteiger partial charge in [-0.2, -0.15) is 0 Å². The van der Waals surface area contributed by atoms with Crippen LogP contribution in [0.2, 0.25) is 0 Å². The maximum atomic E-state index is 6.62. The fourth-order valence-corrected chi connectivity index (χ4v) is 3.56. The summed E-state index contributed by atoms with van der Waals surface area (Å²) in [5.74, 6) is 0. The number of nitrogens with zero attached hydrogens (tertiary/aromatic N) is 3. The van der Waals surface area contributed by atoms with Crippen LogP contribution in [0.15, 0.2) is 97.1 Å². The first-order valence-electron chi connectivity index (χ1n) is 8.65. The van der Waals surface area contributed by atoms with E-state index >= 15 is 0 Å². The molecule has 0 fully saturated rings. The molecule has 0 spiro atoms. The molecule has 4 nitrogen and oxygen atoms in total. The summed E-state index contributed by atoms with van der Waals surface area (Å²) < 4.78 is 8.46. The highest BCUT2D eigenvalue weighted by molar-refractivity contribution is 5.74. The van der Waals surface area contributed by atoms with E-state index in [9.17, 15) is 0 Å². The molecule has 2 heterocycles. The molecule has 0 radical (unpaired) electrons. The van der Waals surface area contributed by atoms with Gasteiger partial charge in [0.1, 0.15) is 11.1 Å². The Bertz CT molecular complexity index is 1030. The maximum Gasteiger partial charge on any atom is 0.173 e. The Morgan fingerprint density at radius 1 is 0.769 bits per heavy atom. The van der Waals surface area contributed by atoms with E-state index in [0.29, 0.717) is 0 Å². The average molecular weight is 339 g/mol. The van der Waals surface area contributed by atoms with Crippen molar-refractivity contribution in [1.29, 1.82) is 0 Å². The van der Waals surface area contributed by atoms with E-state index in [1.165, 1.54) is 0 Å². The lowest BCUT2D eigenvalue weighted by Crippen LogP contribution is -2.28. The van der Waals surface area contributed by atoms with Crippen molar-refractivity contribution in [2.24, 2.45) is 0 Å². The average Bonchev–Trinajstić information content (AvgIpc) is 3.35. The topological polar surface area (TPSA) is 39.9 Å². The second-order valence-electron chi connectivity index (χ2n) is 6.36. The second kappa shape index (κ2) is 5.93. The van der Waals surface area contributed by atoms with Gasteiger partial charge in [-0.1, -0.05) is 78.0 Å². The van der Waals surface area contributed by atoms with Crippen molar-refractivity contribution in [3.05, 3.63) is 108 Å². The minimum Gasteiger partial charge on any atom is -0.333 e. The lowest BCUT2D eigenvalue weighted by atomic mass is 9.86. The first-order chi connectivity index (χ1) is 12.9. The Morgan fingerprint density at radius 2 is 1.38 bits per heavy atom. The second-order valence-corrected chi connectivity index (χ2v) is 6.36. The van der Waals surface area contributed by atoms with Gasteiger partial charge in [-0.3, -0.25) is 0 Å². The van der Waals surface area contributed by atoms with Crippen LogP contribution in [0.1, 0.15) is 17.4 Å². The molecule has 1 atom stereocenters. The molecule has 1 aromatic heterocycles. The number of hydrogen-bond donors (Lipinski definition) is 0. The third-order valence-electron chi connectivity index (χ3n) is 4.83. The van der Waals surface area contributed by atoms with E-state index in [4.69, 9.17) is 4.74 Å². The van der Waals surface area contributed by atoms with Crippen molar-refractivity contribution in [2.45, 2.75) is 11.8 Å². The van der Waals surface area contributed by atoms with E-state index in [2.05, 4.69) is 46.7 Å². The van der Waals surface area contributed by atoms with Crippen molar-refractivity contribution in [3.63, 3.8) is 0 Å². The standard InChI is InChI=1S/C22H17N3O/c1-3-9-17(10-4-1)22(18-11-5-2-6-12-18)16-15-21(26-22)25-20-14-8-7-13-19(20)23-24-25/h1-16,21H. The summed E-state index contributed by atoms with van der Waals surface area (Å²) in [7, 11) is 0. The quantitative estimate of drug-likeness (QED) is 0.517. The minimum absolute atomic E-state index is 0.317. The first kappa shape index (κ1) is 15.0. The molecule has 5 rings (SSSR count). The zero-order chi connectivity index (χ0) is 17.4. The van der Waals surface area contributed by atoms with Gasteiger partial charge in [-0.25, -0.2) is 4.68 Å². The minimum atomic E-state index is -0.639. The predicted molar refractivity (Wildman–Crippen MR) is 100 cm³/mol. The summed E-state index contributed by atoms with van der Waals surface area (Å²) in [6, 6.07) is 28.5. The van der Waals surface area contributed by atoms with Gasteiger partial charge in [-0.15, -0.1) is 5.10 Å². The molecule has 1 unspecified atom stereocenters. The molecule has 1 aliphatic heterocycles. The van der Waals surface area contributed by atoms with Crippen LogP contribution in [0.25, 0.3) is 11.0 Å². The maximum absolute atomic E-state index is 6.62. The lowest BCUT2D eigenvalue weighted by Gasteiger charge is -2.30. The summed E-state index contributed by atoms with van der Waals surface area (Å²) in [4.78, 5) is 0.